The fourth-order valence-corrected chi connectivity index (χ4v) is 3.45. The first kappa shape index (κ1) is 20.3. The first-order chi connectivity index (χ1) is 8.96. The van der Waals surface area contributed by atoms with Crippen molar-refractivity contribution in [1.82, 2.24) is 0 Å². The Hall–Kier alpha value is 0.287. The van der Waals surface area contributed by atoms with E-state index in [1.54, 1.807) is 6.07 Å². The number of rotatable bonds is 6. The second-order valence-electron chi connectivity index (χ2n) is 3.97. The van der Waals surface area contributed by atoms with Crippen molar-refractivity contribution >= 4 is 41.6 Å². The van der Waals surface area contributed by atoms with Gasteiger partial charge in [0.25, 0.3) is 0 Å². The molecule has 0 spiro atoms. The summed E-state index contributed by atoms with van der Waals surface area (Å²) in [6.07, 6.45) is 0.930. The summed E-state index contributed by atoms with van der Waals surface area (Å²) in [5.41, 5.74) is 0.622. The molecule has 0 aromatic heterocycles. The van der Waals surface area contributed by atoms with Crippen molar-refractivity contribution in [3.05, 3.63) is 21.1 Å². The third kappa shape index (κ3) is 4.65. The van der Waals surface area contributed by atoms with E-state index in [9.17, 15) is 4.79 Å². The van der Waals surface area contributed by atoms with E-state index in [2.05, 4.69) is 15.9 Å². The van der Waals surface area contributed by atoms with Gasteiger partial charge in [0.15, 0.2) is 0 Å². The second kappa shape index (κ2) is 9.33. The summed E-state index contributed by atoms with van der Waals surface area (Å²) < 4.78 is 11.2. The number of hydrogen-bond donors (Lipinski definition) is 0. The van der Waals surface area contributed by atoms with Crippen LogP contribution in [0.4, 0.5) is 0 Å². The minimum atomic E-state index is -0.0498. The first-order valence-electron chi connectivity index (χ1n) is 5.81. The van der Waals surface area contributed by atoms with Gasteiger partial charge in [-0.05, 0) is 22.0 Å². The summed E-state index contributed by atoms with van der Waals surface area (Å²) in [6.45, 7) is 4.07. The molecule has 0 fully saturated rings. The van der Waals surface area contributed by atoms with Crippen LogP contribution in [0.2, 0.25) is 5.02 Å². The topological polar surface area (TPSA) is 35.5 Å². The van der Waals surface area contributed by atoms with Gasteiger partial charge < -0.3 is 22.8 Å². The van der Waals surface area contributed by atoms with Gasteiger partial charge in [0.05, 0.1) is 29.3 Å². The molecule has 0 aliphatic carbocycles. The Balaban J connectivity index is 0.00000361. The van der Waals surface area contributed by atoms with Crippen molar-refractivity contribution in [3.63, 3.8) is 0 Å². The van der Waals surface area contributed by atoms with Gasteiger partial charge in [0.2, 0.25) is 0 Å². The molecule has 0 heterocycles. The summed E-state index contributed by atoms with van der Waals surface area (Å²) in [5, 5.41) is 0.387. The van der Waals surface area contributed by atoms with Gasteiger partial charge in [-0.15, -0.1) is 0 Å². The van der Waals surface area contributed by atoms with Crippen molar-refractivity contribution in [1.29, 1.82) is 0 Å². The van der Waals surface area contributed by atoms with Gasteiger partial charge in [-0.1, -0.05) is 31.9 Å². The molecule has 7 heteroatoms. The Morgan fingerprint density at radius 2 is 1.95 bits per heavy atom. The predicted octanol–water partition coefficient (Wildman–Crippen LogP) is 2.01. The van der Waals surface area contributed by atoms with Gasteiger partial charge in [-0.3, -0.25) is 0 Å². The van der Waals surface area contributed by atoms with E-state index in [1.165, 1.54) is 14.2 Å². The van der Waals surface area contributed by atoms with Crippen molar-refractivity contribution in [2.24, 2.45) is 0 Å². The summed E-state index contributed by atoms with van der Waals surface area (Å²) >= 11 is 9.47. The molecule has 106 valence electrons. The smallest absolute Gasteiger partial charge is 0.495 e. The zero-order valence-electron chi connectivity index (χ0n) is 12.3. The maximum atomic E-state index is 12.4. The average molecular weight is 374 g/mol. The molecule has 1 aromatic rings. The number of hydrogen-bond acceptors (Lipinski definition) is 3. The molecule has 3 nitrogen and oxygen atoms in total. The monoisotopic (exact) mass is 372 g/mol. The van der Waals surface area contributed by atoms with Gasteiger partial charge in [0, 0.05) is 5.52 Å². The van der Waals surface area contributed by atoms with E-state index in [-0.39, 0.29) is 30.0 Å². The Bertz CT molecular complexity index is 457. The van der Waals surface area contributed by atoms with E-state index >= 15 is 0 Å². The molecule has 20 heavy (non-hydrogen) atoms. The SMILES string of the molecule is CCC(C)[P-]C(=O)c1c(OC)c(Cl)cc(Br)c1OC.[Li+]. The maximum absolute atomic E-state index is 12.4. The zero-order chi connectivity index (χ0) is 14.6. The van der Waals surface area contributed by atoms with E-state index in [0.717, 1.165) is 6.42 Å². The first-order valence-corrected chi connectivity index (χ1v) is 7.94. The Labute approximate surface area is 147 Å². The third-order valence-corrected chi connectivity index (χ3v) is 4.83. The standard InChI is InChI=1S/C13H16BrClO3P.Li/c1-5-7(2)19-13(16)10-11(17-3)8(14)6-9(15)12(10)18-4;/h6-7H,5H2,1-4H3;/q-1;+1. The van der Waals surface area contributed by atoms with Crippen LogP contribution < -0.4 is 28.3 Å². The second-order valence-corrected chi connectivity index (χ2v) is 6.78. The molecule has 0 radical (unpaired) electrons. The van der Waals surface area contributed by atoms with Crippen LogP contribution in [0.5, 0.6) is 11.5 Å². The van der Waals surface area contributed by atoms with E-state index < -0.39 is 0 Å². The minimum Gasteiger partial charge on any atom is -0.495 e. The fraction of sp³-hybridized carbons (Fsp3) is 0.462. The third-order valence-electron chi connectivity index (χ3n) is 2.69. The number of benzene rings is 1. The Morgan fingerprint density at radius 1 is 1.40 bits per heavy atom. The molecule has 0 bridgehead atoms. The van der Waals surface area contributed by atoms with Crippen LogP contribution in [-0.4, -0.2) is 25.4 Å². The van der Waals surface area contributed by atoms with Gasteiger partial charge in [0.1, 0.15) is 11.5 Å². The number of carbonyl (C=O) groups excluding carboxylic acids is 1. The maximum Gasteiger partial charge on any atom is 1.00 e. The number of halogens is 2. The molecule has 0 aliphatic rings. The molecule has 1 rings (SSSR count). The quantitative estimate of drug-likeness (QED) is 0.565. The summed E-state index contributed by atoms with van der Waals surface area (Å²) in [5.74, 6) is 0.824. The molecule has 1 unspecified atom stereocenters. The molecular weight excluding hydrogens is 357 g/mol. The number of methoxy groups -OCH3 is 2. The van der Waals surface area contributed by atoms with Crippen LogP contribution in [0, 0.1) is 0 Å². The zero-order valence-corrected chi connectivity index (χ0v) is 15.5. The number of carbonyl (C=O) groups is 1. The van der Waals surface area contributed by atoms with Gasteiger partial charge in [-0.25, -0.2) is 0 Å². The molecule has 1 atom stereocenters. The average Bonchev–Trinajstić information content (AvgIpc) is 2.37. The largest absolute Gasteiger partial charge is 1.00 e. The van der Waals surface area contributed by atoms with E-state index in [4.69, 9.17) is 21.1 Å². The predicted molar refractivity (Wildman–Crippen MR) is 83.3 cm³/mol. The van der Waals surface area contributed by atoms with Crippen LogP contribution in [0.1, 0.15) is 30.6 Å². The molecular formula is C13H16BrClLiO3P. The van der Waals surface area contributed by atoms with E-state index in [0.29, 0.717) is 35.1 Å². The Kier molecular flexibility index (Phi) is 9.47. The van der Waals surface area contributed by atoms with Crippen molar-refractivity contribution < 1.29 is 33.1 Å². The minimum absolute atomic E-state index is 0. The summed E-state index contributed by atoms with van der Waals surface area (Å²) in [4.78, 5) is 12.4. The molecule has 0 saturated carbocycles. The van der Waals surface area contributed by atoms with Crippen LogP contribution in [0.25, 0.3) is 0 Å². The van der Waals surface area contributed by atoms with Gasteiger partial charge >= 0.3 is 18.9 Å². The molecule has 0 saturated heterocycles. The summed E-state index contributed by atoms with van der Waals surface area (Å²) in [6, 6.07) is 1.66. The van der Waals surface area contributed by atoms with Gasteiger partial charge in [-0.2, -0.15) is 5.66 Å². The van der Waals surface area contributed by atoms with Crippen molar-refractivity contribution in [3.8, 4) is 11.5 Å². The van der Waals surface area contributed by atoms with E-state index in [1.807, 2.05) is 13.8 Å². The summed E-state index contributed by atoms with van der Waals surface area (Å²) in [7, 11) is 3.72. The van der Waals surface area contributed by atoms with Crippen molar-refractivity contribution in [2.75, 3.05) is 14.2 Å². The fourth-order valence-electron chi connectivity index (χ4n) is 1.53. The number of ether oxygens (including phenoxy) is 2. The van der Waals surface area contributed by atoms with Crippen LogP contribution in [0.3, 0.4) is 0 Å². The Morgan fingerprint density at radius 3 is 2.40 bits per heavy atom. The molecule has 0 aliphatic heterocycles. The van der Waals surface area contributed by atoms with Crippen LogP contribution in [-0.2, 0) is 0 Å². The van der Waals surface area contributed by atoms with Crippen molar-refractivity contribution in [2.45, 2.75) is 25.9 Å². The molecule has 1 aromatic carbocycles. The molecule has 0 N–H and O–H groups in total. The normalized spacial score (nSPS) is 12.1. The molecule has 0 amide bonds. The van der Waals surface area contributed by atoms with Crippen LogP contribution >= 0.6 is 36.1 Å². The van der Waals surface area contributed by atoms with Crippen LogP contribution in [0.15, 0.2) is 10.5 Å².